The maximum atomic E-state index is 12.6. The lowest BCUT2D eigenvalue weighted by atomic mass is 10.1. The molecule has 3 aromatic rings. The van der Waals surface area contributed by atoms with E-state index in [1.807, 2.05) is 68.4 Å². The number of para-hydroxylation sites is 1. The Kier molecular flexibility index (Phi) is 4.93. The van der Waals surface area contributed by atoms with Gasteiger partial charge in [0.05, 0.1) is 11.2 Å². The van der Waals surface area contributed by atoms with Gasteiger partial charge in [-0.05, 0) is 19.4 Å². The van der Waals surface area contributed by atoms with E-state index in [4.69, 9.17) is 0 Å². The molecule has 1 amide bonds. The van der Waals surface area contributed by atoms with Gasteiger partial charge in [0.1, 0.15) is 6.54 Å². The van der Waals surface area contributed by atoms with Crippen LogP contribution in [0.4, 0.5) is 0 Å². The van der Waals surface area contributed by atoms with E-state index >= 15 is 0 Å². The molecule has 1 heterocycles. The summed E-state index contributed by atoms with van der Waals surface area (Å²) in [7, 11) is 0. The van der Waals surface area contributed by atoms with Gasteiger partial charge in [0.25, 0.3) is 0 Å². The molecule has 1 N–H and O–H groups in total. The molecule has 1 aromatic heterocycles. The fourth-order valence-electron chi connectivity index (χ4n) is 2.76. The van der Waals surface area contributed by atoms with Crippen LogP contribution in [0.3, 0.4) is 0 Å². The number of hydrogen-bond donors (Lipinski definition) is 1. The first-order chi connectivity index (χ1) is 12.1. The molecular formula is C20H21N3O2. The SMILES string of the molecule is CCC(C)NC(=O)Cn1c(=O)nc(-c2ccccc2)c2ccccc21. The van der Waals surface area contributed by atoms with Crippen molar-refractivity contribution in [3.05, 3.63) is 65.1 Å². The topological polar surface area (TPSA) is 64.0 Å². The lowest BCUT2D eigenvalue weighted by molar-refractivity contribution is -0.122. The Morgan fingerprint density at radius 1 is 1.12 bits per heavy atom. The first-order valence-corrected chi connectivity index (χ1v) is 8.44. The number of nitrogens with one attached hydrogen (secondary N) is 1. The molecule has 0 bridgehead atoms. The summed E-state index contributed by atoms with van der Waals surface area (Å²) >= 11 is 0. The summed E-state index contributed by atoms with van der Waals surface area (Å²) in [5.41, 5.74) is 1.81. The molecule has 25 heavy (non-hydrogen) atoms. The number of carbonyl (C=O) groups is 1. The Morgan fingerprint density at radius 2 is 1.80 bits per heavy atom. The maximum Gasteiger partial charge on any atom is 0.349 e. The number of nitrogens with zero attached hydrogens (tertiary/aromatic N) is 2. The molecule has 1 atom stereocenters. The number of amides is 1. The Morgan fingerprint density at radius 3 is 2.52 bits per heavy atom. The molecule has 0 saturated carbocycles. The minimum Gasteiger partial charge on any atom is -0.352 e. The van der Waals surface area contributed by atoms with Gasteiger partial charge in [0, 0.05) is 17.0 Å². The minimum absolute atomic E-state index is 0.0360. The van der Waals surface area contributed by atoms with Crippen molar-refractivity contribution in [1.82, 2.24) is 14.9 Å². The number of benzene rings is 2. The summed E-state index contributed by atoms with van der Waals surface area (Å²) in [5, 5.41) is 3.74. The van der Waals surface area contributed by atoms with E-state index in [0.717, 1.165) is 17.4 Å². The van der Waals surface area contributed by atoms with Crippen molar-refractivity contribution in [2.24, 2.45) is 0 Å². The third-order valence-corrected chi connectivity index (χ3v) is 4.26. The quantitative estimate of drug-likeness (QED) is 0.779. The summed E-state index contributed by atoms with van der Waals surface area (Å²) in [6.07, 6.45) is 0.840. The van der Waals surface area contributed by atoms with Crippen LogP contribution < -0.4 is 11.0 Å². The monoisotopic (exact) mass is 335 g/mol. The van der Waals surface area contributed by atoms with Crippen LogP contribution in [-0.2, 0) is 11.3 Å². The minimum atomic E-state index is -0.420. The predicted molar refractivity (Wildman–Crippen MR) is 99.3 cm³/mol. The van der Waals surface area contributed by atoms with Crippen LogP contribution in [-0.4, -0.2) is 21.5 Å². The van der Waals surface area contributed by atoms with Crippen molar-refractivity contribution in [1.29, 1.82) is 0 Å². The van der Waals surface area contributed by atoms with E-state index in [2.05, 4.69) is 10.3 Å². The highest BCUT2D eigenvalue weighted by molar-refractivity contribution is 5.93. The Bertz CT molecular complexity index is 948. The predicted octanol–water partition coefficient (Wildman–Crippen LogP) is 2.98. The third kappa shape index (κ3) is 3.60. The zero-order valence-corrected chi connectivity index (χ0v) is 14.4. The summed E-state index contributed by atoms with van der Waals surface area (Å²) < 4.78 is 1.43. The number of hydrogen-bond acceptors (Lipinski definition) is 3. The normalized spacial score (nSPS) is 12.1. The average molecular weight is 335 g/mol. The van der Waals surface area contributed by atoms with E-state index in [1.54, 1.807) is 0 Å². The van der Waals surface area contributed by atoms with E-state index in [0.29, 0.717) is 11.2 Å². The van der Waals surface area contributed by atoms with Gasteiger partial charge in [-0.3, -0.25) is 9.36 Å². The van der Waals surface area contributed by atoms with Crippen LogP contribution in [0, 0.1) is 0 Å². The van der Waals surface area contributed by atoms with E-state index in [1.165, 1.54) is 4.57 Å². The van der Waals surface area contributed by atoms with E-state index in [9.17, 15) is 9.59 Å². The number of carbonyl (C=O) groups excluding carboxylic acids is 1. The summed E-state index contributed by atoms with van der Waals surface area (Å²) in [5.74, 6) is -0.184. The van der Waals surface area contributed by atoms with Crippen LogP contribution in [0.1, 0.15) is 20.3 Å². The molecule has 0 saturated heterocycles. The van der Waals surface area contributed by atoms with Gasteiger partial charge in [0.2, 0.25) is 5.91 Å². The van der Waals surface area contributed by atoms with Crippen LogP contribution in [0.5, 0.6) is 0 Å². The van der Waals surface area contributed by atoms with Crippen molar-refractivity contribution in [2.45, 2.75) is 32.9 Å². The molecule has 0 aliphatic heterocycles. The second-order valence-corrected chi connectivity index (χ2v) is 6.09. The van der Waals surface area contributed by atoms with Crippen LogP contribution >= 0.6 is 0 Å². The highest BCUT2D eigenvalue weighted by Crippen LogP contribution is 2.24. The van der Waals surface area contributed by atoms with Crippen LogP contribution in [0.25, 0.3) is 22.2 Å². The molecular weight excluding hydrogens is 314 g/mol. The second kappa shape index (κ2) is 7.30. The molecule has 0 aliphatic carbocycles. The van der Waals surface area contributed by atoms with Gasteiger partial charge in [-0.15, -0.1) is 0 Å². The fraction of sp³-hybridized carbons (Fsp3) is 0.250. The van der Waals surface area contributed by atoms with Crippen LogP contribution in [0.2, 0.25) is 0 Å². The largest absolute Gasteiger partial charge is 0.352 e. The first-order valence-electron chi connectivity index (χ1n) is 8.44. The van der Waals surface area contributed by atoms with Crippen LogP contribution in [0.15, 0.2) is 59.4 Å². The van der Waals surface area contributed by atoms with Crippen molar-refractivity contribution in [3.63, 3.8) is 0 Å². The van der Waals surface area contributed by atoms with Gasteiger partial charge in [-0.1, -0.05) is 55.5 Å². The molecule has 2 aromatic carbocycles. The van der Waals surface area contributed by atoms with Gasteiger partial charge >= 0.3 is 5.69 Å². The smallest absolute Gasteiger partial charge is 0.349 e. The Labute approximate surface area is 146 Å². The van der Waals surface area contributed by atoms with E-state index in [-0.39, 0.29) is 18.5 Å². The van der Waals surface area contributed by atoms with Gasteiger partial charge < -0.3 is 5.32 Å². The molecule has 5 heteroatoms. The summed E-state index contributed by atoms with van der Waals surface area (Å²) in [6.45, 7) is 3.91. The highest BCUT2D eigenvalue weighted by Gasteiger charge is 2.14. The molecule has 0 spiro atoms. The lowest BCUT2D eigenvalue weighted by Crippen LogP contribution is -2.37. The van der Waals surface area contributed by atoms with Crippen molar-refractivity contribution < 1.29 is 4.79 Å². The molecule has 0 radical (unpaired) electrons. The first kappa shape index (κ1) is 16.9. The Hall–Kier alpha value is -2.95. The molecule has 5 nitrogen and oxygen atoms in total. The van der Waals surface area contributed by atoms with E-state index < -0.39 is 5.69 Å². The zero-order chi connectivity index (χ0) is 17.8. The van der Waals surface area contributed by atoms with Gasteiger partial charge in [-0.25, -0.2) is 4.79 Å². The fourth-order valence-corrected chi connectivity index (χ4v) is 2.76. The number of fused-ring (bicyclic) bond motifs is 1. The third-order valence-electron chi connectivity index (χ3n) is 4.26. The van der Waals surface area contributed by atoms with Crippen molar-refractivity contribution in [3.8, 4) is 11.3 Å². The highest BCUT2D eigenvalue weighted by atomic mass is 16.2. The molecule has 1 unspecified atom stereocenters. The average Bonchev–Trinajstić information content (AvgIpc) is 2.64. The van der Waals surface area contributed by atoms with Gasteiger partial charge in [0.15, 0.2) is 0 Å². The zero-order valence-electron chi connectivity index (χ0n) is 14.4. The molecule has 0 aliphatic rings. The summed E-state index contributed by atoms with van der Waals surface area (Å²) in [6, 6.07) is 17.2. The maximum absolute atomic E-state index is 12.6. The lowest BCUT2D eigenvalue weighted by Gasteiger charge is -2.15. The number of aromatic nitrogens is 2. The molecule has 0 fully saturated rings. The standard InChI is InChI=1S/C20H21N3O2/c1-3-14(2)21-18(24)13-23-17-12-8-7-11-16(17)19(22-20(23)25)15-9-5-4-6-10-15/h4-12,14H,3,13H2,1-2H3,(H,21,24). The Balaban J connectivity index is 2.08. The molecule has 3 rings (SSSR count). The van der Waals surface area contributed by atoms with Crippen molar-refractivity contribution >= 4 is 16.8 Å². The second-order valence-electron chi connectivity index (χ2n) is 6.09. The van der Waals surface area contributed by atoms with Gasteiger partial charge in [-0.2, -0.15) is 4.98 Å². The molecule has 128 valence electrons. The number of rotatable bonds is 5. The summed E-state index contributed by atoms with van der Waals surface area (Å²) in [4.78, 5) is 29.1. The van der Waals surface area contributed by atoms with Crippen molar-refractivity contribution in [2.75, 3.05) is 0 Å².